The van der Waals surface area contributed by atoms with Gasteiger partial charge in [0.15, 0.2) is 5.82 Å². The number of aromatic amines is 1. The van der Waals surface area contributed by atoms with E-state index in [1.165, 1.54) is 6.20 Å². The second-order valence-corrected chi connectivity index (χ2v) is 2.90. The maximum absolute atomic E-state index is 10.1. The molecule has 0 bridgehead atoms. The quantitative estimate of drug-likeness (QED) is 0.701. The summed E-state index contributed by atoms with van der Waals surface area (Å²) in [6, 6.07) is 0. The second kappa shape index (κ2) is 3.35. The van der Waals surface area contributed by atoms with E-state index in [1.54, 1.807) is 0 Å². The van der Waals surface area contributed by atoms with Crippen LogP contribution in [0.5, 0.6) is 0 Å². The number of hydrogen-bond donors (Lipinski definition) is 1. The van der Waals surface area contributed by atoms with Gasteiger partial charge in [-0.1, -0.05) is 24.3 Å². The molecular weight excluding hydrogens is 166 g/mol. The van der Waals surface area contributed by atoms with Gasteiger partial charge in [0.05, 0.1) is 6.20 Å². The molecule has 13 heavy (non-hydrogen) atoms. The molecule has 1 unspecified atom stereocenters. The summed E-state index contributed by atoms with van der Waals surface area (Å²) in [6.07, 6.45) is 10.5. The Labute approximate surface area is 75.4 Å². The van der Waals surface area contributed by atoms with E-state index in [0.717, 1.165) is 12.2 Å². The van der Waals surface area contributed by atoms with Crippen LogP contribution in [0.3, 0.4) is 0 Å². The molecule has 0 saturated carbocycles. The van der Waals surface area contributed by atoms with Gasteiger partial charge >= 0.3 is 0 Å². The Morgan fingerprint density at radius 2 is 2.46 bits per heavy atom. The molecule has 66 valence electrons. The summed E-state index contributed by atoms with van der Waals surface area (Å²) in [6.45, 7) is 0. The van der Waals surface area contributed by atoms with Gasteiger partial charge in [0.1, 0.15) is 5.82 Å². The van der Waals surface area contributed by atoms with Gasteiger partial charge in [0, 0.05) is 5.92 Å². The monoisotopic (exact) mass is 175 g/mol. The number of nitroso groups, excluding NO2 is 1. The van der Waals surface area contributed by atoms with Gasteiger partial charge in [0.2, 0.25) is 0 Å². The molecule has 0 saturated heterocycles. The molecule has 4 heteroatoms. The van der Waals surface area contributed by atoms with Gasteiger partial charge in [-0.3, -0.25) is 0 Å². The number of nitrogens with zero attached hydrogens (tertiary/aromatic N) is 2. The van der Waals surface area contributed by atoms with E-state index in [9.17, 15) is 4.91 Å². The van der Waals surface area contributed by atoms with Crippen LogP contribution in [-0.2, 0) is 0 Å². The van der Waals surface area contributed by atoms with Crippen LogP contribution in [0.4, 0.5) is 5.82 Å². The molecule has 1 aromatic rings. The molecule has 4 nitrogen and oxygen atoms in total. The number of imidazole rings is 1. The molecule has 1 aliphatic carbocycles. The number of nitrogens with one attached hydrogen (secondary N) is 1. The van der Waals surface area contributed by atoms with Crippen LogP contribution in [-0.4, -0.2) is 9.97 Å². The highest BCUT2D eigenvalue weighted by Gasteiger charge is 2.11. The summed E-state index contributed by atoms with van der Waals surface area (Å²) in [7, 11) is 0. The molecular formula is C9H9N3O. The number of aromatic nitrogens is 2. The third-order valence-electron chi connectivity index (χ3n) is 2.01. The molecule has 0 radical (unpaired) electrons. The highest BCUT2D eigenvalue weighted by atomic mass is 16.3. The standard InChI is InChI=1S/C9H9N3O/c13-12-8-6-10-9(11-8)7-4-2-1-3-5-7/h1-4,6-7H,5H2,(H,10,11). The second-order valence-electron chi connectivity index (χ2n) is 2.90. The lowest BCUT2D eigenvalue weighted by Gasteiger charge is -2.08. The first-order valence-electron chi connectivity index (χ1n) is 4.12. The summed E-state index contributed by atoms with van der Waals surface area (Å²) in [5.74, 6) is 1.34. The lowest BCUT2D eigenvalue weighted by Crippen LogP contribution is -1.97. The minimum Gasteiger partial charge on any atom is -0.324 e. The van der Waals surface area contributed by atoms with Gasteiger partial charge in [0.25, 0.3) is 0 Å². The predicted octanol–water partition coefficient (Wildman–Crippen LogP) is 2.41. The smallest absolute Gasteiger partial charge is 0.194 e. The summed E-state index contributed by atoms with van der Waals surface area (Å²) < 4.78 is 0. The number of hydrogen-bond acceptors (Lipinski definition) is 3. The van der Waals surface area contributed by atoms with E-state index in [0.29, 0.717) is 0 Å². The maximum atomic E-state index is 10.1. The average Bonchev–Trinajstić information content (AvgIpc) is 2.67. The van der Waals surface area contributed by atoms with Crippen molar-refractivity contribution < 1.29 is 0 Å². The Balaban J connectivity index is 2.20. The van der Waals surface area contributed by atoms with Crippen molar-refractivity contribution in [2.75, 3.05) is 0 Å². The molecule has 0 amide bonds. The first-order valence-corrected chi connectivity index (χ1v) is 4.12. The number of allylic oxidation sites excluding steroid dienone is 4. The molecule has 1 N–H and O–H groups in total. The zero-order valence-electron chi connectivity index (χ0n) is 6.97. The van der Waals surface area contributed by atoms with Crippen LogP contribution in [0.25, 0.3) is 0 Å². The van der Waals surface area contributed by atoms with Crippen molar-refractivity contribution in [2.45, 2.75) is 12.3 Å². The van der Waals surface area contributed by atoms with Crippen LogP contribution in [0, 0.1) is 4.91 Å². The highest BCUT2D eigenvalue weighted by molar-refractivity contribution is 5.28. The van der Waals surface area contributed by atoms with Crippen LogP contribution < -0.4 is 0 Å². The predicted molar refractivity (Wildman–Crippen MR) is 49.7 cm³/mol. The molecule has 1 aromatic heterocycles. The Hall–Kier alpha value is -1.71. The maximum Gasteiger partial charge on any atom is 0.194 e. The fourth-order valence-electron chi connectivity index (χ4n) is 1.34. The zero-order valence-corrected chi connectivity index (χ0v) is 6.97. The zero-order chi connectivity index (χ0) is 9.10. The van der Waals surface area contributed by atoms with Crippen molar-refractivity contribution in [3.8, 4) is 0 Å². The summed E-state index contributed by atoms with van der Waals surface area (Å²) >= 11 is 0. The Bertz CT molecular complexity index is 365. The van der Waals surface area contributed by atoms with Gasteiger partial charge in [-0.05, 0) is 11.6 Å². The van der Waals surface area contributed by atoms with Gasteiger partial charge in [-0.25, -0.2) is 4.98 Å². The fraction of sp³-hybridized carbons (Fsp3) is 0.222. The Morgan fingerprint density at radius 1 is 1.54 bits per heavy atom. The van der Waals surface area contributed by atoms with E-state index < -0.39 is 0 Å². The number of rotatable bonds is 2. The lowest BCUT2D eigenvalue weighted by atomic mass is 10.0. The molecule has 2 rings (SSSR count). The van der Waals surface area contributed by atoms with Gasteiger partial charge in [-0.15, -0.1) is 4.91 Å². The first kappa shape index (κ1) is 7.91. The van der Waals surface area contributed by atoms with Crippen molar-refractivity contribution in [1.82, 2.24) is 9.97 Å². The average molecular weight is 175 g/mol. The van der Waals surface area contributed by atoms with E-state index in [4.69, 9.17) is 0 Å². The van der Waals surface area contributed by atoms with Crippen molar-refractivity contribution in [1.29, 1.82) is 0 Å². The van der Waals surface area contributed by atoms with Crippen molar-refractivity contribution in [3.63, 3.8) is 0 Å². The van der Waals surface area contributed by atoms with Crippen LogP contribution >= 0.6 is 0 Å². The van der Waals surface area contributed by atoms with Crippen LogP contribution in [0.2, 0.25) is 0 Å². The van der Waals surface area contributed by atoms with E-state index in [2.05, 4.69) is 21.2 Å². The summed E-state index contributed by atoms with van der Waals surface area (Å²) in [5, 5.41) is 2.78. The van der Waals surface area contributed by atoms with Crippen molar-refractivity contribution >= 4 is 5.82 Å². The van der Waals surface area contributed by atoms with E-state index >= 15 is 0 Å². The van der Waals surface area contributed by atoms with E-state index in [-0.39, 0.29) is 11.7 Å². The lowest BCUT2D eigenvalue weighted by molar-refractivity contribution is 0.790. The first-order chi connectivity index (χ1) is 6.40. The largest absolute Gasteiger partial charge is 0.324 e. The molecule has 0 aromatic carbocycles. The normalized spacial score (nSPS) is 20.5. The molecule has 1 heterocycles. The third kappa shape index (κ3) is 1.56. The van der Waals surface area contributed by atoms with Crippen molar-refractivity contribution in [3.05, 3.63) is 41.2 Å². The minimum absolute atomic E-state index is 0.250. The van der Waals surface area contributed by atoms with Gasteiger partial charge in [-0.2, -0.15) is 0 Å². The molecule has 0 spiro atoms. The van der Waals surface area contributed by atoms with Crippen molar-refractivity contribution in [2.24, 2.45) is 5.18 Å². The Kier molecular flexibility index (Phi) is 2.04. The van der Waals surface area contributed by atoms with E-state index in [1.807, 2.05) is 18.2 Å². The third-order valence-corrected chi connectivity index (χ3v) is 2.01. The number of H-pyrrole nitrogens is 1. The van der Waals surface area contributed by atoms with Crippen LogP contribution in [0.15, 0.2) is 35.7 Å². The Morgan fingerprint density at radius 3 is 3.08 bits per heavy atom. The summed E-state index contributed by atoms with van der Waals surface area (Å²) in [5.41, 5.74) is 0. The topological polar surface area (TPSA) is 58.1 Å². The minimum atomic E-state index is 0.250. The SMILES string of the molecule is O=Nc1cnc(C2C=CC=CC2)[nH]1. The fourth-order valence-corrected chi connectivity index (χ4v) is 1.34. The molecule has 0 fully saturated rings. The van der Waals surface area contributed by atoms with Crippen LogP contribution in [0.1, 0.15) is 18.2 Å². The molecule has 1 atom stereocenters. The highest BCUT2D eigenvalue weighted by Crippen LogP contribution is 2.23. The van der Waals surface area contributed by atoms with Gasteiger partial charge < -0.3 is 4.98 Å². The molecule has 0 aliphatic heterocycles. The summed E-state index contributed by atoms with van der Waals surface area (Å²) in [4.78, 5) is 17.1. The molecule has 1 aliphatic rings.